The Morgan fingerprint density at radius 1 is 1.04 bits per heavy atom. The first-order valence-electron chi connectivity index (χ1n) is 6.81. The number of anilines is 1. The van der Waals surface area contributed by atoms with Crippen LogP contribution in [-0.4, -0.2) is 20.9 Å². The van der Waals surface area contributed by atoms with Gasteiger partial charge in [-0.05, 0) is 18.2 Å². The summed E-state index contributed by atoms with van der Waals surface area (Å²) in [6.07, 6.45) is 5.91. The van der Waals surface area contributed by atoms with Gasteiger partial charge in [0.1, 0.15) is 11.8 Å². The van der Waals surface area contributed by atoms with E-state index in [9.17, 15) is 4.79 Å². The molecule has 6 nitrogen and oxygen atoms in total. The number of carbonyl (C=O) groups is 1. The lowest BCUT2D eigenvalue weighted by Gasteiger charge is -2.06. The van der Waals surface area contributed by atoms with E-state index in [-0.39, 0.29) is 11.6 Å². The van der Waals surface area contributed by atoms with E-state index in [1.165, 1.54) is 18.6 Å². The van der Waals surface area contributed by atoms with Gasteiger partial charge in [0.25, 0.3) is 5.91 Å². The van der Waals surface area contributed by atoms with E-state index >= 15 is 0 Å². The maximum atomic E-state index is 12.3. The Hall–Kier alpha value is -3.59. The average molecular weight is 301 g/mol. The standard InChI is InChI=1S/C17H11N5O/c18-8-12-9-19-7-6-14(12)15-10-20-11-16(22-15)17(23)21-13-4-2-1-3-5-13/h1-7,9-11H,(H,21,23). The number of hydrogen-bond acceptors (Lipinski definition) is 5. The minimum Gasteiger partial charge on any atom is -0.321 e. The Morgan fingerprint density at radius 3 is 2.65 bits per heavy atom. The summed E-state index contributed by atoms with van der Waals surface area (Å²) in [5.41, 5.74) is 2.26. The summed E-state index contributed by atoms with van der Waals surface area (Å²) in [4.78, 5) is 24.5. The van der Waals surface area contributed by atoms with Crippen LogP contribution in [0.1, 0.15) is 16.1 Å². The van der Waals surface area contributed by atoms with Crippen LogP contribution in [0.4, 0.5) is 5.69 Å². The summed E-state index contributed by atoms with van der Waals surface area (Å²) in [5.74, 6) is -0.363. The van der Waals surface area contributed by atoms with Gasteiger partial charge in [-0.2, -0.15) is 5.26 Å². The summed E-state index contributed by atoms with van der Waals surface area (Å²) in [5, 5.41) is 11.9. The third-order valence-corrected chi connectivity index (χ3v) is 3.12. The van der Waals surface area contributed by atoms with E-state index < -0.39 is 0 Å². The molecule has 0 fully saturated rings. The number of nitriles is 1. The number of amides is 1. The summed E-state index contributed by atoms with van der Waals surface area (Å²) >= 11 is 0. The van der Waals surface area contributed by atoms with Gasteiger partial charge in [-0.1, -0.05) is 18.2 Å². The molecule has 2 heterocycles. The van der Waals surface area contributed by atoms with Crippen LogP contribution in [0, 0.1) is 11.3 Å². The Labute approximate surface area is 132 Å². The van der Waals surface area contributed by atoms with E-state index in [0.717, 1.165) is 0 Å². The van der Waals surface area contributed by atoms with Gasteiger partial charge < -0.3 is 5.32 Å². The summed E-state index contributed by atoms with van der Waals surface area (Å²) in [6, 6.07) is 12.8. The highest BCUT2D eigenvalue weighted by molar-refractivity contribution is 6.02. The fourth-order valence-corrected chi connectivity index (χ4v) is 2.03. The predicted molar refractivity (Wildman–Crippen MR) is 84.4 cm³/mol. The largest absolute Gasteiger partial charge is 0.321 e. The van der Waals surface area contributed by atoms with Gasteiger partial charge >= 0.3 is 0 Å². The van der Waals surface area contributed by atoms with E-state index in [0.29, 0.717) is 22.5 Å². The predicted octanol–water partition coefficient (Wildman–Crippen LogP) is 2.66. The van der Waals surface area contributed by atoms with Gasteiger partial charge in [-0.3, -0.25) is 14.8 Å². The highest BCUT2D eigenvalue weighted by atomic mass is 16.1. The first-order chi connectivity index (χ1) is 11.3. The molecule has 110 valence electrons. The fraction of sp³-hybridized carbons (Fsp3) is 0. The lowest BCUT2D eigenvalue weighted by atomic mass is 10.1. The number of hydrogen-bond donors (Lipinski definition) is 1. The van der Waals surface area contributed by atoms with Crippen molar-refractivity contribution >= 4 is 11.6 Å². The minimum absolute atomic E-state index is 0.173. The number of carbonyl (C=O) groups excluding carboxylic acids is 1. The second-order valence-corrected chi connectivity index (χ2v) is 4.64. The topological polar surface area (TPSA) is 91.6 Å². The zero-order valence-electron chi connectivity index (χ0n) is 12.0. The van der Waals surface area contributed by atoms with Crippen molar-refractivity contribution in [2.24, 2.45) is 0 Å². The Balaban J connectivity index is 1.91. The number of benzene rings is 1. The van der Waals surface area contributed by atoms with Crippen molar-refractivity contribution in [3.05, 3.63) is 72.4 Å². The number of pyridine rings is 1. The zero-order chi connectivity index (χ0) is 16.1. The van der Waals surface area contributed by atoms with Crippen LogP contribution in [0.3, 0.4) is 0 Å². The Bertz CT molecular complexity index is 887. The molecule has 1 N–H and O–H groups in total. The summed E-state index contributed by atoms with van der Waals surface area (Å²) < 4.78 is 0. The highest BCUT2D eigenvalue weighted by Crippen LogP contribution is 2.20. The molecule has 0 spiro atoms. The molecular formula is C17H11N5O. The lowest BCUT2D eigenvalue weighted by molar-refractivity contribution is 0.102. The molecule has 0 aliphatic heterocycles. The van der Waals surface area contributed by atoms with Gasteiger partial charge in [0.2, 0.25) is 0 Å². The van der Waals surface area contributed by atoms with Gasteiger partial charge in [0.15, 0.2) is 0 Å². The maximum absolute atomic E-state index is 12.3. The third kappa shape index (κ3) is 3.19. The van der Waals surface area contributed by atoms with E-state index in [1.807, 2.05) is 18.2 Å². The van der Waals surface area contributed by atoms with Crippen LogP contribution in [0.15, 0.2) is 61.2 Å². The zero-order valence-corrected chi connectivity index (χ0v) is 12.0. The molecule has 0 saturated heterocycles. The molecule has 6 heteroatoms. The molecule has 23 heavy (non-hydrogen) atoms. The Kier molecular flexibility index (Phi) is 4.03. The van der Waals surface area contributed by atoms with Crippen LogP contribution < -0.4 is 5.32 Å². The van der Waals surface area contributed by atoms with Gasteiger partial charge in [-0.15, -0.1) is 0 Å². The van der Waals surface area contributed by atoms with Crippen LogP contribution in [0.5, 0.6) is 0 Å². The van der Waals surface area contributed by atoms with Crippen LogP contribution >= 0.6 is 0 Å². The molecule has 0 aliphatic rings. The van der Waals surface area contributed by atoms with E-state index in [4.69, 9.17) is 5.26 Å². The van der Waals surface area contributed by atoms with Crippen molar-refractivity contribution in [2.75, 3.05) is 5.32 Å². The number of rotatable bonds is 3. The second-order valence-electron chi connectivity index (χ2n) is 4.64. The van der Waals surface area contributed by atoms with Gasteiger partial charge in [-0.25, -0.2) is 4.98 Å². The molecule has 0 atom stereocenters. The molecule has 3 rings (SSSR count). The molecule has 2 aromatic heterocycles. The smallest absolute Gasteiger partial charge is 0.275 e. The van der Waals surface area contributed by atoms with Crippen molar-refractivity contribution in [3.8, 4) is 17.3 Å². The van der Waals surface area contributed by atoms with Gasteiger partial charge in [0, 0.05) is 23.6 Å². The SMILES string of the molecule is N#Cc1cnccc1-c1cncc(C(=O)Nc2ccccc2)n1. The van der Waals surface area contributed by atoms with Crippen molar-refractivity contribution in [1.82, 2.24) is 15.0 Å². The highest BCUT2D eigenvalue weighted by Gasteiger charge is 2.12. The average Bonchev–Trinajstić information content (AvgIpc) is 2.62. The van der Waals surface area contributed by atoms with Crippen molar-refractivity contribution in [2.45, 2.75) is 0 Å². The molecule has 0 unspecified atom stereocenters. The molecule has 1 amide bonds. The second kappa shape index (κ2) is 6.45. The Morgan fingerprint density at radius 2 is 1.87 bits per heavy atom. The number of nitrogens with zero attached hydrogens (tertiary/aromatic N) is 4. The number of para-hydroxylation sites is 1. The van der Waals surface area contributed by atoms with Gasteiger partial charge in [0.05, 0.1) is 23.7 Å². The molecule has 0 radical (unpaired) electrons. The van der Waals surface area contributed by atoms with Crippen LogP contribution in [-0.2, 0) is 0 Å². The molecule has 1 aromatic carbocycles. The van der Waals surface area contributed by atoms with Crippen LogP contribution in [0.2, 0.25) is 0 Å². The lowest BCUT2D eigenvalue weighted by Crippen LogP contribution is -2.14. The maximum Gasteiger partial charge on any atom is 0.275 e. The normalized spacial score (nSPS) is 9.87. The summed E-state index contributed by atoms with van der Waals surface area (Å²) in [7, 11) is 0. The molecule has 3 aromatic rings. The molecule has 0 aliphatic carbocycles. The minimum atomic E-state index is -0.363. The third-order valence-electron chi connectivity index (χ3n) is 3.12. The quantitative estimate of drug-likeness (QED) is 0.803. The fourth-order valence-electron chi connectivity index (χ4n) is 2.03. The first kappa shape index (κ1) is 14.4. The molecule has 0 saturated carbocycles. The van der Waals surface area contributed by atoms with Crippen LogP contribution in [0.25, 0.3) is 11.3 Å². The molecule has 0 bridgehead atoms. The monoisotopic (exact) mass is 301 g/mol. The number of aromatic nitrogens is 3. The van der Waals surface area contributed by atoms with E-state index in [2.05, 4.69) is 26.3 Å². The first-order valence-corrected chi connectivity index (χ1v) is 6.81. The van der Waals surface area contributed by atoms with E-state index in [1.54, 1.807) is 24.4 Å². The van der Waals surface area contributed by atoms with Crippen molar-refractivity contribution in [1.29, 1.82) is 5.26 Å². The molecular weight excluding hydrogens is 290 g/mol. The van der Waals surface area contributed by atoms with Crippen molar-refractivity contribution in [3.63, 3.8) is 0 Å². The summed E-state index contributed by atoms with van der Waals surface area (Å²) in [6.45, 7) is 0. The number of nitrogens with one attached hydrogen (secondary N) is 1. The van der Waals surface area contributed by atoms with Crippen molar-refractivity contribution < 1.29 is 4.79 Å².